The molecule has 25 heavy (non-hydrogen) atoms. The molecule has 0 atom stereocenters. The molecule has 1 aromatic rings. The SMILES string of the molecule is CCCCCCCNC(=O)C1CCN(C(=O)c2ccc(F)cc2)CC1. The van der Waals surface area contributed by atoms with Crippen molar-refractivity contribution in [1.82, 2.24) is 10.2 Å². The van der Waals surface area contributed by atoms with Gasteiger partial charge in [0.05, 0.1) is 0 Å². The molecule has 1 aromatic carbocycles. The molecule has 2 rings (SSSR count). The number of rotatable bonds is 8. The van der Waals surface area contributed by atoms with Crippen LogP contribution < -0.4 is 5.32 Å². The first-order valence-corrected chi connectivity index (χ1v) is 9.44. The normalized spacial score (nSPS) is 15.2. The lowest BCUT2D eigenvalue weighted by atomic mass is 9.95. The standard InChI is InChI=1S/C20H29FN2O2/c1-2-3-4-5-6-13-22-19(24)16-11-14-23(15-12-16)20(25)17-7-9-18(21)10-8-17/h7-10,16H,2-6,11-15H2,1H3,(H,22,24). The Hall–Kier alpha value is -1.91. The Kier molecular flexibility index (Phi) is 7.89. The molecule has 1 fully saturated rings. The molecule has 0 unspecified atom stereocenters. The topological polar surface area (TPSA) is 49.4 Å². The van der Waals surface area contributed by atoms with Crippen molar-refractivity contribution in [3.05, 3.63) is 35.6 Å². The lowest BCUT2D eigenvalue weighted by molar-refractivity contribution is -0.126. The van der Waals surface area contributed by atoms with E-state index in [0.29, 0.717) is 31.5 Å². The summed E-state index contributed by atoms with van der Waals surface area (Å²) in [5.41, 5.74) is 0.497. The molecule has 0 radical (unpaired) electrons. The first-order valence-electron chi connectivity index (χ1n) is 9.44. The fraction of sp³-hybridized carbons (Fsp3) is 0.600. The van der Waals surface area contributed by atoms with Crippen LogP contribution in [-0.2, 0) is 4.79 Å². The lowest BCUT2D eigenvalue weighted by Gasteiger charge is -2.31. The highest BCUT2D eigenvalue weighted by molar-refractivity contribution is 5.94. The summed E-state index contributed by atoms with van der Waals surface area (Å²) in [7, 11) is 0. The third kappa shape index (κ3) is 6.15. The van der Waals surface area contributed by atoms with Crippen molar-refractivity contribution in [1.29, 1.82) is 0 Å². The van der Waals surface area contributed by atoms with Crippen LogP contribution in [0.4, 0.5) is 4.39 Å². The molecule has 0 bridgehead atoms. The zero-order valence-electron chi connectivity index (χ0n) is 15.1. The van der Waals surface area contributed by atoms with E-state index in [0.717, 1.165) is 13.0 Å². The molecule has 0 saturated carbocycles. The Bertz CT molecular complexity index is 551. The summed E-state index contributed by atoms with van der Waals surface area (Å²) in [5, 5.41) is 3.03. The monoisotopic (exact) mass is 348 g/mol. The van der Waals surface area contributed by atoms with Gasteiger partial charge in [0.1, 0.15) is 5.82 Å². The van der Waals surface area contributed by atoms with Crippen LogP contribution in [0.15, 0.2) is 24.3 Å². The number of carbonyl (C=O) groups is 2. The average Bonchev–Trinajstić information content (AvgIpc) is 2.64. The summed E-state index contributed by atoms with van der Waals surface area (Å²) < 4.78 is 13.0. The van der Waals surface area contributed by atoms with Crippen LogP contribution in [0.25, 0.3) is 0 Å². The van der Waals surface area contributed by atoms with Crippen molar-refractivity contribution in [3.8, 4) is 0 Å². The average molecular weight is 348 g/mol. The molecule has 1 N–H and O–H groups in total. The number of unbranched alkanes of at least 4 members (excludes halogenated alkanes) is 4. The second kappa shape index (κ2) is 10.2. The zero-order chi connectivity index (χ0) is 18.1. The van der Waals surface area contributed by atoms with E-state index in [9.17, 15) is 14.0 Å². The Labute approximate surface area is 149 Å². The van der Waals surface area contributed by atoms with Crippen LogP contribution in [0, 0.1) is 11.7 Å². The number of piperidine rings is 1. The molecule has 0 aromatic heterocycles. The number of nitrogens with zero attached hydrogens (tertiary/aromatic N) is 1. The van der Waals surface area contributed by atoms with E-state index in [2.05, 4.69) is 12.2 Å². The van der Waals surface area contributed by atoms with Crippen LogP contribution in [-0.4, -0.2) is 36.3 Å². The molecular weight excluding hydrogens is 319 g/mol. The van der Waals surface area contributed by atoms with Crippen molar-refractivity contribution in [2.24, 2.45) is 5.92 Å². The fourth-order valence-electron chi connectivity index (χ4n) is 3.20. The van der Waals surface area contributed by atoms with Gasteiger partial charge in [-0.2, -0.15) is 0 Å². The molecule has 1 heterocycles. The molecule has 0 spiro atoms. The number of nitrogens with one attached hydrogen (secondary N) is 1. The van der Waals surface area contributed by atoms with Gasteiger partial charge in [-0.25, -0.2) is 4.39 Å². The Morgan fingerprint density at radius 3 is 2.36 bits per heavy atom. The van der Waals surface area contributed by atoms with Crippen LogP contribution in [0.2, 0.25) is 0 Å². The molecule has 138 valence electrons. The zero-order valence-corrected chi connectivity index (χ0v) is 15.1. The van der Waals surface area contributed by atoms with E-state index in [1.54, 1.807) is 4.90 Å². The Morgan fingerprint density at radius 1 is 1.08 bits per heavy atom. The highest BCUT2D eigenvalue weighted by Gasteiger charge is 2.27. The number of amides is 2. The summed E-state index contributed by atoms with van der Waals surface area (Å²) in [6.07, 6.45) is 7.29. The van der Waals surface area contributed by atoms with Gasteiger partial charge < -0.3 is 10.2 Å². The molecule has 0 aliphatic carbocycles. The smallest absolute Gasteiger partial charge is 0.253 e. The third-order valence-electron chi connectivity index (χ3n) is 4.82. The van der Waals surface area contributed by atoms with Gasteiger partial charge in [0, 0.05) is 31.1 Å². The fourth-order valence-corrected chi connectivity index (χ4v) is 3.20. The van der Waals surface area contributed by atoms with Gasteiger partial charge in [0.15, 0.2) is 0 Å². The van der Waals surface area contributed by atoms with Gasteiger partial charge in [-0.1, -0.05) is 32.6 Å². The predicted octanol–water partition coefficient (Wildman–Crippen LogP) is 3.76. The second-order valence-corrected chi connectivity index (χ2v) is 6.78. The van der Waals surface area contributed by atoms with Crippen LogP contribution in [0.5, 0.6) is 0 Å². The third-order valence-corrected chi connectivity index (χ3v) is 4.82. The number of hydrogen-bond donors (Lipinski definition) is 1. The molecular formula is C20H29FN2O2. The summed E-state index contributed by atoms with van der Waals surface area (Å²) in [6, 6.07) is 5.62. The van der Waals surface area contributed by atoms with Gasteiger partial charge in [-0.3, -0.25) is 9.59 Å². The predicted molar refractivity (Wildman–Crippen MR) is 96.8 cm³/mol. The minimum atomic E-state index is -0.346. The largest absolute Gasteiger partial charge is 0.356 e. The Morgan fingerprint density at radius 2 is 1.72 bits per heavy atom. The number of benzene rings is 1. The van der Waals surface area contributed by atoms with E-state index < -0.39 is 0 Å². The van der Waals surface area contributed by atoms with Crippen molar-refractivity contribution < 1.29 is 14.0 Å². The minimum absolute atomic E-state index is 0.00657. The van der Waals surface area contributed by atoms with E-state index in [4.69, 9.17) is 0 Å². The first-order chi connectivity index (χ1) is 12.1. The van der Waals surface area contributed by atoms with Gasteiger partial charge >= 0.3 is 0 Å². The Balaban J connectivity index is 1.69. The number of hydrogen-bond acceptors (Lipinski definition) is 2. The quantitative estimate of drug-likeness (QED) is 0.727. The van der Waals surface area contributed by atoms with E-state index >= 15 is 0 Å². The first kappa shape index (κ1) is 19.4. The summed E-state index contributed by atoms with van der Waals surface area (Å²) >= 11 is 0. The maximum absolute atomic E-state index is 13.0. The molecule has 1 saturated heterocycles. The van der Waals surface area contributed by atoms with E-state index in [-0.39, 0.29) is 23.5 Å². The maximum Gasteiger partial charge on any atom is 0.253 e. The van der Waals surface area contributed by atoms with E-state index in [1.807, 2.05) is 0 Å². The highest BCUT2D eigenvalue weighted by Crippen LogP contribution is 2.19. The van der Waals surface area contributed by atoms with Crippen molar-refractivity contribution in [2.45, 2.75) is 51.9 Å². The summed E-state index contributed by atoms with van der Waals surface area (Å²) in [5.74, 6) is -0.325. The second-order valence-electron chi connectivity index (χ2n) is 6.78. The number of likely N-dealkylation sites (tertiary alicyclic amines) is 1. The molecule has 5 heteroatoms. The van der Waals surface area contributed by atoms with Gasteiger partial charge in [0.25, 0.3) is 5.91 Å². The lowest BCUT2D eigenvalue weighted by Crippen LogP contribution is -2.43. The molecule has 1 aliphatic heterocycles. The summed E-state index contributed by atoms with van der Waals surface area (Å²) in [4.78, 5) is 26.4. The van der Waals surface area contributed by atoms with Crippen molar-refractivity contribution in [2.75, 3.05) is 19.6 Å². The van der Waals surface area contributed by atoms with Crippen molar-refractivity contribution in [3.63, 3.8) is 0 Å². The van der Waals surface area contributed by atoms with Crippen LogP contribution in [0.3, 0.4) is 0 Å². The number of carbonyl (C=O) groups excluding carboxylic acids is 2. The van der Waals surface area contributed by atoms with Crippen LogP contribution in [0.1, 0.15) is 62.2 Å². The minimum Gasteiger partial charge on any atom is -0.356 e. The molecule has 1 aliphatic rings. The van der Waals surface area contributed by atoms with Crippen molar-refractivity contribution >= 4 is 11.8 Å². The van der Waals surface area contributed by atoms with Crippen LogP contribution >= 0.6 is 0 Å². The molecule has 2 amide bonds. The van der Waals surface area contributed by atoms with Gasteiger partial charge in [-0.15, -0.1) is 0 Å². The molecule has 4 nitrogen and oxygen atoms in total. The van der Waals surface area contributed by atoms with Gasteiger partial charge in [-0.05, 0) is 43.5 Å². The van der Waals surface area contributed by atoms with Gasteiger partial charge in [0.2, 0.25) is 5.91 Å². The summed E-state index contributed by atoms with van der Waals surface area (Å²) in [6.45, 7) is 4.09. The van der Waals surface area contributed by atoms with E-state index in [1.165, 1.54) is 49.9 Å². The highest BCUT2D eigenvalue weighted by atomic mass is 19.1. The maximum atomic E-state index is 13.0. The number of halogens is 1.